The van der Waals surface area contributed by atoms with E-state index in [0.717, 1.165) is 59.6 Å². The maximum Gasteiger partial charge on any atom is 0.255 e. The smallest absolute Gasteiger partial charge is 0.255 e. The minimum atomic E-state index is -0.119. The summed E-state index contributed by atoms with van der Waals surface area (Å²) in [6.45, 7) is 2.49. The molecule has 8 heteroatoms. The molecule has 3 heterocycles. The van der Waals surface area contributed by atoms with E-state index in [1.54, 1.807) is 6.20 Å². The molecule has 1 aliphatic carbocycles. The van der Waals surface area contributed by atoms with Crippen LogP contribution in [-0.4, -0.2) is 32.8 Å². The molecule has 0 spiro atoms. The number of anilines is 3. The number of carbonyl (C=O) groups excluding carboxylic acids is 1. The molecule has 0 bridgehead atoms. The lowest BCUT2D eigenvalue weighted by molar-refractivity contribution is 0.0966. The average Bonchev–Trinajstić information content (AvgIpc) is 3.36. The van der Waals surface area contributed by atoms with E-state index in [2.05, 4.69) is 21.0 Å². The topological polar surface area (TPSA) is 110 Å². The van der Waals surface area contributed by atoms with Gasteiger partial charge in [0.1, 0.15) is 11.6 Å². The number of hydrogen-bond donors (Lipinski definition) is 4. The van der Waals surface area contributed by atoms with Gasteiger partial charge < -0.3 is 21.7 Å². The van der Waals surface area contributed by atoms with E-state index in [4.69, 9.17) is 10.7 Å². The first-order valence-corrected chi connectivity index (χ1v) is 11.2. The highest BCUT2D eigenvalue weighted by molar-refractivity contribution is 6.06. The number of nitrogens with zero attached hydrogens (tertiary/aromatic N) is 3. The molecule has 5 rings (SSSR count). The maximum absolute atomic E-state index is 12.8. The van der Waals surface area contributed by atoms with Crippen molar-refractivity contribution in [1.29, 1.82) is 0 Å². The van der Waals surface area contributed by atoms with Crippen molar-refractivity contribution in [3.05, 3.63) is 53.2 Å². The molecular formula is C24H29N7O. The molecule has 32 heavy (non-hydrogen) atoms. The summed E-state index contributed by atoms with van der Waals surface area (Å²) in [4.78, 5) is 17.8. The molecule has 2 aromatic heterocycles. The van der Waals surface area contributed by atoms with Gasteiger partial charge in [-0.05, 0) is 43.5 Å². The van der Waals surface area contributed by atoms with Gasteiger partial charge in [0, 0.05) is 48.7 Å². The van der Waals surface area contributed by atoms with Crippen LogP contribution in [0.5, 0.6) is 0 Å². The molecule has 5 N–H and O–H groups in total. The fourth-order valence-corrected chi connectivity index (χ4v) is 4.78. The van der Waals surface area contributed by atoms with E-state index in [1.165, 1.54) is 0 Å². The summed E-state index contributed by atoms with van der Waals surface area (Å²) in [5.41, 5.74) is 11.8. The van der Waals surface area contributed by atoms with Crippen molar-refractivity contribution >= 4 is 23.2 Å². The van der Waals surface area contributed by atoms with Gasteiger partial charge in [-0.1, -0.05) is 25.0 Å². The number of hydrogen-bond acceptors (Lipinski definition) is 6. The molecule has 3 aromatic rings. The van der Waals surface area contributed by atoms with Gasteiger partial charge in [0.05, 0.1) is 11.3 Å². The number of aryl methyl sites for hydroxylation is 2. The average molecular weight is 432 g/mol. The second-order valence-corrected chi connectivity index (χ2v) is 8.75. The quantitative estimate of drug-likeness (QED) is 0.493. The number of nitrogens with two attached hydrogens (primary N) is 1. The summed E-state index contributed by atoms with van der Waals surface area (Å²) < 4.78 is 1.82. The number of benzene rings is 1. The first-order valence-electron chi connectivity index (χ1n) is 11.2. The minimum Gasteiger partial charge on any atom is -0.365 e. The molecule has 1 amide bonds. The Hall–Kier alpha value is -3.39. The molecule has 0 radical (unpaired) electrons. The highest BCUT2D eigenvalue weighted by atomic mass is 16.1. The Labute approximate surface area is 187 Å². The summed E-state index contributed by atoms with van der Waals surface area (Å²) in [5.74, 6) is 1.17. The Morgan fingerprint density at radius 3 is 2.75 bits per heavy atom. The Morgan fingerprint density at radius 1 is 1.16 bits per heavy atom. The largest absolute Gasteiger partial charge is 0.365 e. The molecular weight excluding hydrogens is 402 g/mol. The predicted molar refractivity (Wildman–Crippen MR) is 126 cm³/mol. The number of rotatable bonds is 5. The third kappa shape index (κ3) is 3.71. The summed E-state index contributed by atoms with van der Waals surface area (Å²) in [5, 5.41) is 14.4. The molecule has 1 fully saturated rings. The molecule has 2 atom stereocenters. The molecule has 1 saturated carbocycles. The van der Waals surface area contributed by atoms with Gasteiger partial charge in [-0.15, -0.1) is 0 Å². The summed E-state index contributed by atoms with van der Waals surface area (Å²) in [6.07, 6.45) is 6.07. The number of aromatic nitrogens is 3. The van der Waals surface area contributed by atoms with Crippen molar-refractivity contribution < 1.29 is 4.79 Å². The van der Waals surface area contributed by atoms with Crippen molar-refractivity contribution in [3.8, 4) is 11.3 Å². The van der Waals surface area contributed by atoms with Gasteiger partial charge in [-0.2, -0.15) is 5.10 Å². The van der Waals surface area contributed by atoms with Gasteiger partial charge in [0.2, 0.25) is 0 Å². The van der Waals surface area contributed by atoms with Gasteiger partial charge >= 0.3 is 0 Å². The summed E-state index contributed by atoms with van der Waals surface area (Å²) in [6, 6.07) is 10.2. The number of pyridine rings is 1. The normalized spacial score (nSPS) is 20.0. The molecule has 0 unspecified atom stereocenters. The van der Waals surface area contributed by atoms with Gasteiger partial charge in [0.25, 0.3) is 5.91 Å². The summed E-state index contributed by atoms with van der Waals surface area (Å²) >= 11 is 0. The Kier molecular flexibility index (Phi) is 5.30. The van der Waals surface area contributed by atoms with Crippen LogP contribution in [0.4, 0.5) is 17.3 Å². The van der Waals surface area contributed by atoms with E-state index in [9.17, 15) is 4.79 Å². The molecule has 1 aliphatic heterocycles. The van der Waals surface area contributed by atoms with Crippen LogP contribution in [0.15, 0.2) is 36.5 Å². The Balaban J connectivity index is 1.66. The van der Waals surface area contributed by atoms with Crippen LogP contribution in [0.1, 0.15) is 47.2 Å². The van der Waals surface area contributed by atoms with E-state index in [0.29, 0.717) is 17.9 Å². The van der Waals surface area contributed by atoms with Crippen LogP contribution < -0.4 is 21.7 Å². The fourth-order valence-electron chi connectivity index (χ4n) is 4.78. The Morgan fingerprint density at radius 2 is 2.00 bits per heavy atom. The zero-order valence-corrected chi connectivity index (χ0v) is 18.5. The van der Waals surface area contributed by atoms with Gasteiger partial charge in [0.15, 0.2) is 0 Å². The number of fused-ring (bicyclic) bond motifs is 1. The lowest BCUT2D eigenvalue weighted by Gasteiger charge is -2.31. The van der Waals surface area contributed by atoms with Gasteiger partial charge in [-0.3, -0.25) is 9.48 Å². The molecule has 166 valence electrons. The van der Waals surface area contributed by atoms with Gasteiger partial charge in [-0.25, -0.2) is 4.98 Å². The summed E-state index contributed by atoms with van der Waals surface area (Å²) in [7, 11) is 1.90. The van der Waals surface area contributed by atoms with E-state index in [1.807, 2.05) is 49.0 Å². The van der Waals surface area contributed by atoms with Crippen molar-refractivity contribution in [1.82, 2.24) is 20.1 Å². The monoisotopic (exact) mass is 431 g/mol. The first-order chi connectivity index (χ1) is 15.5. The van der Waals surface area contributed by atoms with E-state index < -0.39 is 0 Å². The third-order valence-corrected chi connectivity index (χ3v) is 6.45. The maximum atomic E-state index is 12.8. The second-order valence-electron chi connectivity index (χ2n) is 8.75. The zero-order chi connectivity index (χ0) is 22.2. The molecule has 8 nitrogen and oxygen atoms in total. The lowest BCUT2D eigenvalue weighted by atomic mass is 9.90. The molecule has 2 aliphatic rings. The van der Waals surface area contributed by atoms with Crippen molar-refractivity contribution in [2.24, 2.45) is 12.8 Å². The lowest BCUT2D eigenvalue weighted by Crippen LogP contribution is -2.43. The van der Waals surface area contributed by atoms with Crippen LogP contribution in [0, 0.1) is 6.92 Å². The standard InChI is InChI=1S/C24H29N7O/c1-14-6-5-7-15(12-14)28-23-21-16(13-26-24(21)32)20(19-10-11-27-31(19)2)22(30-23)29-18-9-4-3-8-17(18)25/h5-7,10-12,17-18H,3-4,8-9,13,25H2,1-2H3,(H,26,32)(H2,28,29,30)/t17-,18+/m0/s1. The van der Waals surface area contributed by atoms with Crippen molar-refractivity contribution in [2.75, 3.05) is 10.6 Å². The fraction of sp³-hybridized carbons (Fsp3) is 0.375. The first kappa shape index (κ1) is 20.5. The molecule has 0 saturated heterocycles. The number of carbonyl (C=O) groups is 1. The van der Waals surface area contributed by atoms with Crippen LogP contribution >= 0.6 is 0 Å². The predicted octanol–water partition coefficient (Wildman–Crippen LogP) is 3.46. The molecule has 1 aromatic carbocycles. The van der Waals surface area contributed by atoms with Crippen LogP contribution in [0.25, 0.3) is 11.3 Å². The highest BCUT2D eigenvalue weighted by Crippen LogP contribution is 2.39. The van der Waals surface area contributed by atoms with Crippen molar-refractivity contribution in [3.63, 3.8) is 0 Å². The zero-order valence-electron chi connectivity index (χ0n) is 18.5. The number of nitrogens with one attached hydrogen (secondary N) is 3. The number of amides is 1. The SMILES string of the molecule is Cc1cccc(Nc2nc(N[C@@H]3CCCC[C@@H]3N)c(-c3ccnn3C)c3c2C(=O)NC3)c1. The minimum absolute atomic E-state index is 0.0751. The van der Waals surface area contributed by atoms with Crippen LogP contribution in [0.3, 0.4) is 0 Å². The van der Waals surface area contributed by atoms with Crippen molar-refractivity contribution in [2.45, 2.75) is 51.2 Å². The third-order valence-electron chi connectivity index (χ3n) is 6.45. The van der Waals surface area contributed by atoms with E-state index in [-0.39, 0.29) is 18.0 Å². The Bertz CT molecular complexity index is 1170. The second kappa shape index (κ2) is 8.27. The van der Waals surface area contributed by atoms with E-state index >= 15 is 0 Å². The van der Waals surface area contributed by atoms with Crippen LogP contribution in [0.2, 0.25) is 0 Å². The van der Waals surface area contributed by atoms with Crippen LogP contribution in [-0.2, 0) is 13.6 Å². The highest BCUT2D eigenvalue weighted by Gasteiger charge is 2.32.